The number of halogens is 1. The number of hydrogen-bond acceptors (Lipinski definition) is 6. The van der Waals surface area contributed by atoms with E-state index in [-0.39, 0.29) is 0 Å². The van der Waals surface area contributed by atoms with Gasteiger partial charge in [0.25, 0.3) is 0 Å². The van der Waals surface area contributed by atoms with E-state index in [0.717, 1.165) is 0 Å². The second-order valence-corrected chi connectivity index (χ2v) is 3.16. The van der Waals surface area contributed by atoms with Crippen molar-refractivity contribution in [1.82, 2.24) is 0 Å². The summed E-state index contributed by atoms with van der Waals surface area (Å²) in [6.45, 7) is -0.482. The molecule has 0 amide bonds. The van der Waals surface area contributed by atoms with E-state index in [2.05, 4.69) is 20.1 Å². The van der Waals surface area contributed by atoms with Crippen LogP contribution in [0, 0.1) is 0 Å². The van der Waals surface area contributed by atoms with Crippen LogP contribution in [0.2, 0.25) is 0 Å². The summed E-state index contributed by atoms with van der Waals surface area (Å²) in [6.07, 6.45) is -6.03. The van der Waals surface area contributed by atoms with Crippen LogP contribution in [0.25, 0.3) is 0 Å². The van der Waals surface area contributed by atoms with Gasteiger partial charge in [-0.1, -0.05) is 0 Å². The van der Waals surface area contributed by atoms with E-state index in [9.17, 15) is 15.3 Å². The first kappa shape index (κ1) is 11.3. The van der Waals surface area contributed by atoms with Crippen molar-refractivity contribution in [1.29, 1.82) is 0 Å². The molecule has 4 N–H and O–H groups in total. The highest BCUT2D eigenvalue weighted by atomic mass is 79.9. The maximum atomic E-state index is 9.35. The lowest BCUT2D eigenvalue weighted by molar-refractivity contribution is -0.277. The average molecular weight is 259 g/mol. The van der Waals surface area contributed by atoms with Crippen LogP contribution in [0.4, 0.5) is 0 Å². The Morgan fingerprint density at radius 1 is 1.23 bits per heavy atom. The van der Waals surface area contributed by atoms with Crippen molar-refractivity contribution in [2.45, 2.75) is 30.7 Å². The summed E-state index contributed by atoms with van der Waals surface area (Å²) in [7, 11) is 0. The summed E-state index contributed by atoms with van der Waals surface area (Å²) in [6, 6.07) is 0. The standard InChI is InChI=1S/C6H11BrO6/c7-13-5-4(10)3(9)2(1-8)12-6(5)11/h2-6,8-11H,1H2/t2-,3-,4+,5-,6+/m0/s1. The van der Waals surface area contributed by atoms with E-state index in [0.29, 0.717) is 0 Å². The predicted molar refractivity (Wildman–Crippen MR) is 43.8 cm³/mol. The fourth-order valence-electron chi connectivity index (χ4n) is 1.17. The molecular formula is C6H11BrO6. The summed E-state index contributed by atoms with van der Waals surface area (Å²) in [5.41, 5.74) is 0. The van der Waals surface area contributed by atoms with Crippen molar-refractivity contribution in [2.24, 2.45) is 0 Å². The van der Waals surface area contributed by atoms with Gasteiger partial charge in [-0.3, -0.25) is 3.83 Å². The first-order valence-electron chi connectivity index (χ1n) is 3.69. The Morgan fingerprint density at radius 2 is 1.85 bits per heavy atom. The van der Waals surface area contributed by atoms with Gasteiger partial charge in [0.2, 0.25) is 0 Å². The normalized spacial score (nSPS) is 46.4. The molecule has 0 aromatic rings. The van der Waals surface area contributed by atoms with E-state index in [1.807, 2.05) is 0 Å². The minimum absolute atomic E-state index is 0.482. The molecule has 0 saturated carbocycles. The molecule has 13 heavy (non-hydrogen) atoms. The molecule has 0 aliphatic carbocycles. The van der Waals surface area contributed by atoms with Crippen molar-refractivity contribution >= 4 is 16.3 Å². The third kappa shape index (κ3) is 2.18. The van der Waals surface area contributed by atoms with Gasteiger partial charge in [-0.15, -0.1) is 0 Å². The minimum Gasteiger partial charge on any atom is -0.394 e. The predicted octanol–water partition coefficient (Wildman–Crippen LogP) is -1.89. The maximum absolute atomic E-state index is 9.35. The number of rotatable bonds is 2. The van der Waals surface area contributed by atoms with Gasteiger partial charge in [-0.05, 0) is 0 Å². The highest BCUT2D eigenvalue weighted by Gasteiger charge is 2.44. The zero-order valence-corrected chi connectivity index (χ0v) is 8.16. The van der Waals surface area contributed by atoms with Gasteiger partial charge in [0.1, 0.15) is 18.3 Å². The quantitative estimate of drug-likeness (QED) is 0.463. The molecule has 6 nitrogen and oxygen atoms in total. The molecule has 0 unspecified atom stereocenters. The van der Waals surface area contributed by atoms with Gasteiger partial charge in [-0.25, -0.2) is 0 Å². The number of hydrogen-bond donors (Lipinski definition) is 4. The van der Waals surface area contributed by atoms with Crippen LogP contribution in [0.5, 0.6) is 0 Å². The maximum Gasteiger partial charge on any atom is 0.185 e. The van der Waals surface area contributed by atoms with E-state index >= 15 is 0 Å². The molecule has 1 saturated heterocycles. The van der Waals surface area contributed by atoms with E-state index < -0.39 is 37.3 Å². The molecule has 0 spiro atoms. The molecule has 0 aromatic heterocycles. The lowest BCUT2D eigenvalue weighted by Gasteiger charge is -2.38. The first-order chi connectivity index (χ1) is 6.11. The van der Waals surface area contributed by atoms with Gasteiger partial charge in [-0.2, -0.15) is 0 Å². The Kier molecular flexibility index (Phi) is 4.05. The summed E-state index contributed by atoms with van der Waals surface area (Å²) >= 11 is 2.59. The summed E-state index contributed by atoms with van der Waals surface area (Å²) in [5, 5.41) is 36.6. The highest BCUT2D eigenvalue weighted by molar-refractivity contribution is 9.06. The largest absolute Gasteiger partial charge is 0.394 e. The van der Waals surface area contributed by atoms with Crippen molar-refractivity contribution in [3.05, 3.63) is 0 Å². The minimum atomic E-state index is -1.38. The molecule has 1 rings (SSSR count). The molecule has 0 aromatic carbocycles. The van der Waals surface area contributed by atoms with Crippen molar-refractivity contribution in [2.75, 3.05) is 6.61 Å². The van der Waals surface area contributed by atoms with Crippen LogP contribution < -0.4 is 0 Å². The molecular weight excluding hydrogens is 248 g/mol. The Morgan fingerprint density at radius 3 is 2.31 bits per heavy atom. The molecule has 0 bridgehead atoms. The number of aliphatic hydroxyl groups excluding tert-OH is 4. The van der Waals surface area contributed by atoms with E-state index in [1.165, 1.54) is 0 Å². The Balaban J connectivity index is 2.66. The van der Waals surface area contributed by atoms with Crippen molar-refractivity contribution in [3.63, 3.8) is 0 Å². The topological polar surface area (TPSA) is 99.4 Å². The molecule has 1 fully saturated rings. The molecule has 0 radical (unpaired) electrons. The SMILES string of the molecule is OC[C@@H]1O[C@@H](O)[C@@H](OBr)[C@H](O)[C@H]1O. The monoisotopic (exact) mass is 258 g/mol. The molecule has 1 aliphatic rings. The summed E-state index contributed by atoms with van der Waals surface area (Å²) in [5.74, 6) is 0. The molecule has 1 aliphatic heterocycles. The van der Waals surface area contributed by atoms with E-state index in [1.54, 1.807) is 0 Å². The van der Waals surface area contributed by atoms with Crippen molar-refractivity contribution in [3.8, 4) is 0 Å². The van der Waals surface area contributed by atoms with Crippen LogP contribution in [0.15, 0.2) is 0 Å². The Hall–Kier alpha value is 0.240. The Bertz CT molecular complexity index is 167. The van der Waals surface area contributed by atoms with Gasteiger partial charge in [0.15, 0.2) is 12.4 Å². The zero-order valence-electron chi connectivity index (χ0n) is 6.58. The number of aliphatic hydroxyl groups is 4. The van der Waals surface area contributed by atoms with Crippen LogP contribution in [-0.4, -0.2) is 57.7 Å². The summed E-state index contributed by atoms with van der Waals surface area (Å²) in [4.78, 5) is 0. The van der Waals surface area contributed by atoms with E-state index in [4.69, 9.17) is 9.84 Å². The molecule has 5 atom stereocenters. The highest BCUT2D eigenvalue weighted by Crippen LogP contribution is 2.23. The fraction of sp³-hybridized carbons (Fsp3) is 1.00. The smallest absolute Gasteiger partial charge is 0.185 e. The van der Waals surface area contributed by atoms with Crippen LogP contribution >= 0.6 is 16.3 Å². The third-order valence-electron chi connectivity index (χ3n) is 1.95. The second-order valence-electron chi connectivity index (χ2n) is 2.78. The third-order valence-corrected chi connectivity index (χ3v) is 2.38. The van der Waals surface area contributed by atoms with Gasteiger partial charge >= 0.3 is 0 Å². The van der Waals surface area contributed by atoms with Crippen LogP contribution in [-0.2, 0) is 8.57 Å². The summed E-state index contributed by atoms with van der Waals surface area (Å²) < 4.78 is 9.29. The molecule has 78 valence electrons. The van der Waals surface area contributed by atoms with Crippen LogP contribution in [0.1, 0.15) is 0 Å². The van der Waals surface area contributed by atoms with Crippen molar-refractivity contribution < 1.29 is 29.0 Å². The second kappa shape index (κ2) is 4.65. The van der Waals surface area contributed by atoms with Gasteiger partial charge < -0.3 is 25.2 Å². The Labute approximate surface area is 83.2 Å². The molecule has 7 heteroatoms. The molecule has 1 heterocycles. The van der Waals surface area contributed by atoms with Crippen LogP contribution in [0.3, 0.4) is 0 Å². The van der Waals surface area contributed by atoms with Gasteiger partial charge in [0, 0.05) is 0 Å². The zero-order chi connectivity index (χ0) is 10.0. The first-order valence-corrected chi connectivity index (χ1v) is 4.34. The fourth-order valence-corrected chi connectivity index (χ4v) is 1.57. The average Bonchev–Trinajstić information content (AvgIpc) is 2.12. The van der Waals surface area contributed by atoms with Gasteiger partial charge in [0.05, 0.1) is 22.9 Å². The number of ether oxygens (including phenoxy) is 1. The lowest BCUT2D eigenvalue weighted by Crippen LogP contribution is -2.58. The lowest BCUT2D eigenvalue weighted by atomic mass is 10.00.